The lowest BCUT2D eigenvalue weighted by Gasteiger charge is -2.06. The zero-order chi connectivity index (χ0) is 14.3. The summed E-state index contributed by atoms with van der Waals surface area (Å²) in [5, 5.41) is 14.3. The number of carbonyl (C=O) groups is 2. The third-order valence-electron chi connectivity index (χ3n) is 2.26. The van der Waals surface area contributed by atoms with Crippen LogP contribution in [0.25, 0.3) is 0 Å². The molecule has 0 atom stereocenters. The monoisotopic (exact) mass is 286 g/mol. The van der Waals surface area contributed by atoms with Gasteiger partial charge in [0.15, 0.2) is 0 Å². The number of aliphatic hydroxyl groups is 1. The van der Waals surface area contributed by atoms with Gasteiger partial charge in [-0.3, -0.25) is 10.1 Å². The molecule has 0 spiro atoms. The summed E-state index contributed by atoms with van der Waals surface area (Å²) < 4.78 is 4.79. The summed E-state index contributed by atoms with van der Waals surface area (Å²) in [6.45, 7) is 3.99. The smallest absolute Gasteiger partial charge is 0.412 e. The van der Waals surface area contributed by atoms with Crippen LogP contribution in [-0.4, -0.2) is 36.9 Å². The molecule has 0 aliphatic rings. The van der Waals surface area contributed by atoms with Gasteiger partial charge in [0, 0.05) is 11.4 Å². The highest BCUT2D eigenvalue weighted by Crippen LogP contribution is 2.28. The minimum Gasteiger partial charge on any atom is -0.450 e. The van der Waals surface area contributed by atoms with Crippen molar-refractivity contribution < 1.29 is 19.4 Å². The van der Waals surface area contributed by atoms with Crippen LogP contribution in [0.2, 0.25) is 0 Å². The van der Waals surface area contributed by atoms with E-state index in [0.717, 1.165) is 11.3 Å². The van der Waals surface area contributed by atoms with Crippen molar-refractivity contribution in [3.05, 3.63) is 16.5 Å². The molecule has 7 heteroatoms. The summed E-state index contributed by atoms with van der Waals surface area (Å²) in [5.41, 5.74) is 0.392. The fourth-order valence-corrected chi connectivity index (χ4v) is 2.38. The quantitative estimate of drug-likeness (QED) is 0.741. The summed E-state index contributed by atoms with van der Waals surface area (Å²) in [5.74, 6) is -0.322. The first kappa shape index (κ1) is 15.5. The molecule has 0 aliphatic heterocycles. The Morgan fingerprint density at radius 1 is 1.42 bits per heavy atom. The minimum absolute atomic E-state index is 0.128. The maximum atomic E-state index is 11.9. The molecule has 6 nitrogen and oxygen atoms in total. The summed E-state index contributed by atoms with van der Waals surface area (Å²) in [6, 6.07) is 1.74. The molecule has 1 rings (SSSR count). The Labute approximate surface area is 115 Å². The van der Waals surface area contributed by atoms with Crippen molar-refractivity contribution in [2.45, 2.75) is 20.3 Å². The first-order valence-electron chi connectivity index (χ1n) is 6.07. The van der Waals surface area contributed by atoms with E-state index in [9.17, 15) is 9.59 Å². The molecule has 0 saturated heterocycles. The van der Waals surface area contributed by atoms with Crippen LogP contribution < -0.4 is 10.6 Å². The Kier molecular flexibility index (Phi) is 6.31. The zero-order valence-corrected chi connectivity index (χ0v) is 11.8. The van der Waals surface area contributed by atoms with Crippen LogP contribution >= 0.6 is 11.3 Å². The number of anilines is 1. The summed E-state index contributed by atoms with van der Waals surface area (Å²) in [7, 11) is 0. The molecule has 0 fully saturated rings. The van der Waals surface area contributed by atoms with Gasteiger partial charge < -0.3 is 15.2 Å². The molecule has 0 aromatic carbocycles. The largest absolute Gasteiger partial charge is 0.450 e. The van der Waals surface area contributed by atoms with Crippen molar-refractivity contribution >= 4 is 28.3 Å². The number of hydrogen-bond donors (Lipinski definition) is 3. The van der Waals surface area contributed by atoms with E-state index in [1.807, 2.05) is 6.92 Å². The minimum atomic E-state index is -0.580. The number of aryl methyl sites for hydroxylation is 1. The molecule has 1 aromatic rings. The third-order valence-corrected chi connectivity index (χ3v) is 3.46. The van der Waals surface area contributed by atoms with Gasteiger partial charge in [0.2, 0.25) is 0 Å². The second kappa shape index (κ2) is 7.75. The van der Waals surface area contributed by atoms with Gasteiger partial charge in [-0.05, 0) is 19.4 Å². The number of aliphatic hydroxyl groups excluding tert-OH is 1. The van der Waals surface area contributed by atoms with Crippen LogP contribution in [0, 0.1) is 0 Å². The molecule has 2 amide bonds. The van der Waals surface area contributed by atoms with Crippen LogP contribution in [0.1, 0.15) is 29.1 Å². The number of rotatable bonds is 6. The van der Waals surface area contributed by atoms with E-state index in [-0.39, 0.29) is 25.7 Å². The van der Waals surface area contributed by atoms with Gasteiger partial charge in [-0.15, -0.1) is 11.3 Å². The average molecular weight is 286 g/mol. The number of carbonyl (C=O) groups excluding carboxylic acids is 2. The van der Waals surface area contributed by atoms with Crippen molar-refractivity contribution in [1.29, 1.82) is 0 Å². The SMILES string of the molecule is CCOC(=O)Nc1sc(CC)cc1C(=O)NCCO. The number of hydrogen-bond acceptors (Lipinski definition) is 5. The van der Waals surface area contributed by atoms with Crippen molar-refractivity contribution in [3.8, 4) is 0 Å². The van der Waals surface area contributed by atoms with Crippen LogP contribution in [0.15, 0.2) is 6.07 Å². The molecular formula is C12H18N2O4S. The molecular weight excluding hydrogens is 268 g/mol. The zero-order valence-electron chi connectivity index (χ0n) is 11.0. The van der Waals surface area contributed by atoms with E-state index in [4.69, 9.17) is 9.84 Å². The molecule has 3 N–H and O–H groups in total. The van der Waals surface area contributed by atoms with Crippen LogP contribution in [0.4, 0.5) is 9.80 Å². The molecule has 0 aliphatic carbocycles. The Hall–Kier alpha value is -1.60. The molecule has 0 bridgehead atoms. The normalized spacial score (nSPS) is 10.1. The Morgan fingerprint density at radius 3 is 2.74 bits per heavy atom. The molecule has 0 radical (unpaired) electrons. The third kappa shape index (κ3) is 4.53. The predicted octanol–water partition coefficient (Wildman–Crippen LogP) is 1.60. The standard InChI is InChI=1S/C12H18N2O4S/c1-3-8-7-9(10(16)13-5-6-15)11(19-8)14-12(17)18-4-2/h7,15H,3-6H2,1-2H3,(H,13,16)(H,14,17). The fraction of sp³-hybridized carbons (Fsp3) is 0.500. The summed E-state index contributed by atoms with van der Waals surface area (Å²) >= 11 is 1.34. The van der Waals surface area contributed by atoms with Crippen molar-refractivity contribution in [1.82, 2.24) is 5.32 Å². The van der Waals surface area contributed by atoms with Gasteiger partial charge >= 0.3 is 6.09 Å². The second-order valence-corrected chi connectivity index (χ2v) is 4.77. The van der Waals surface area contributed by atoms with E-state index in [0.29, 0.717) is 10.6 Å². The van der Waals surface area contributed by atoms with Crippen LogP contribution in [0.3, 0.4) is 0 Å². The lowest BCUT2D eigenvalue weighted by molar-refractivity contribution is 0.0946. The maximum absolute atomic E-state index is 11.9. The van der Waals surface area contributed by atoms with E-state index >= 15 is 0 Å². The van der Waals surface area contributed by atoms with Crippen molar-refractivity contribution in [2.75, 3.05) is 25.1 Å². The summed E-state index contributed by atoms with van der Waals surface area (Å²) in [4.78, 5) is 24.3. The lowest BCUT2D eigenvalue weighted by atomic mass is 10.2. The number of thiophene rings is 1. The topological polar surface area (TPSA) is 87.7 Å². The van der Waals surface area contributed by atoms with Gasteiger partial charge in [-0.1, -0.05) is 6.92 Å². The molecule has 1 aromatic heterocycles. The predicted molar refractivity (Wildman–Crippen MR) is 73.8 cm³/mol. The molecule has 106 valence electrons. The van der Waals surface area contributed by atoms with Crippen LogP contribution in [0.5, 0.6) is 0 Å². The Bertz CT molecular complexity index is 445. The van der Waals surface area contributed by atoms with Gasteiger partial charge in [0.05, 0.1) is 18.8 Å². The molecule has 1 heterocycles. The molecule has 0 unspecified atom stereocenters. The molecule has 0 saturated carbocycles. The Morgan fingerprint density at radius 2 is 2.16 bits per heavy atom. The average Bonchev–Trinajstić information content (AvgIpc) is 2.79. The number of amides is 2. The highest BCUT2D eigenvalue weighted by Gasteiger charge is 2.17. The van der Waals surface area contributed by atoms with E-state index in [2.05, 4.69) is 10.6 Å². The van der Waals surface area contributed by atoms with Gasteiger partial charge in [-0.25, -0.2) is 4.79 Å². The van der Waals surface area contributed by atoms with E-state index < -0.39 is 6.09 Å². The van der Waals surface area contributed by atoms with Crippen molar-refractivity contribution in [2.24, 2.45) is 0 Å². The first-order valence-corrected chi connectivity index (χ1v) is 6.89. The number of nitrogens with one attached hydrogen (secondary N) is 2. The maximum Gasteiger partial charge on any atom is 0.412 e. The van der Waals surface area contributed by atoms with Crippen molar-refractivity contribution in [3.63, 3.8) is 0 Å². The highest BCUT2D eigenvalue weighted by molar-refractivity contribution is 7.16. The van der Waals surface area contributed by atoms with E-state index in [1.54, 1.807) is 13.0 Å². The summed E-state index contributed by atoms with van der Waals surface area (Å²) in [6.07, 6.45) is 0.193. The van der Waals surface area contributed by atoms with Gasteiger partial charge in [0.1, 0.15) is 5.00 Å². The van der Waals surface area contributed by atoms with Gasteiger partial charge in [-0.2, -0.15) is 0 Å². The van der Waals surface area contributed by atoms with Gasteiger partial charge in [0.25, 0.3) is 5.91 Å². The molecule has 19 heavy (non-hydrogen) atoms. The lowest BCUT2D eigenvalue weighted by Crippen LogP contribution is -2.27. The number of ether oxygens (including phenoxy) is 1. The second-order valence-electron chi connectivity index (χ2n) is 3.63. The fourth-order valence-electron chi connectivity index (χ4n) is 1.40. The Balaban J connectivity index is 2.86. The van der Waals surface area contributed by atoms with E-state index in [1.165, 1.54) is 11.3 Å². The highest BCUT2D eigenvalue weighted by atomic mass is 32.1. The van der Waals surface area contributed by atoms with Crippen LogP contribution in [-0.2, 0) is 11.2 Å². The first-order chi connectivity index (χ1) is 9.12.